The van der Waals surface area contributed by atoms with Crippen molar-refractivity contribution in [3.8, 4) is 5.75 Å². The first-order chi connectivity index (χ1) is 10.0. The summed E-state index contributed by atoms with van der Waals surface area (Å²) < 4.78 is 5.77. The fourth-order valence-electron chi connectivity index (χ4n) is 2.55. The lowest BCUT2D eigenvalue weighted by atomic mass is 9.98. The fraction of sp³-hybridized carbons (Fsp3) is 0.562. The molecule has 0 radical (unpaired) electrons. The highest BCUT2D eigenvalue weighted by atomic mass is 16.5. The third kappa shape index (κ3) is 3.74. The summed E-state index contributed by atoms with van der Waals surface area (Å²) in [6.45, 7) is 5.46. The normalized spacial score (nSPS) is 17.3. The van der Waals surface area contributed by atoms with E-state index in [2.05, 4.69) is 0 Å². The Morgan fingerprint density at radius 3 is 2.90 bits per heavy atom. The van der Waals surface area contributed by atoms with E-state index in [4.69, 9.17) is 10.5 Å². The number of benzene rings is 1. The van der Waals surface area contributed by atoms with E-state index < -0.39 is 6.10 Å². The van der Waals surface area contributed by atoms with Gasteiger partial charge in [-0.15, -0.1) is 0 Å². The van der Waals surface area contributed by atoms with Crippen molar-refractivity contribution in [2.45, 2.75) is 39.0 Å². The van der Waals surface area contributed by atoms with Gasteiger partial charge in [0.1, 0.15) is 18.5 Å². The number of aliphatic hydroxyl groups is 1. The minimum absolute atomic E-state index is 0.188. The standard InChI is InChI=1S/C16H24N2O3/c1-11(2)16(17)14(20)9-21-15-5-3-4-12-8-18(10-19)7-6-13(12)15/h3-5,10-11,14,16,20H,6-9,17H2,1-2H3. The number of carbonyl (C=O) groups is 1. The van der Waals surface area contributed by atoms with Crippen molar-refractivity contribution >= 4 is 6.41 Å². The van der Waals surface area contributed by atoms with Crippen LogP contribution in [0.3, 0.4) is 0 Å². The van der Waals surface area contributed by atoms with Crippen molar-refractivity contribution in [1.82, 2.24) is 4.90 Å². The Labute approximate surface area is 125 Å². The molecule has 21 heavy (non-hydrogen) atoms. The zero-order chi connectivity index (χ0) is 15.4. The molecule has 1 aliphatic rings. The predicted octanol–water partition coefficient (Wildman–Crippen LogP) is 0.924. The van der Waals surface area contributed by atoms with Crippen molar-refractivity contribution < 1.29 is 14.6 Å². The number of nitrogens with zero attached hydrogens (tertiary/aromatic N) is 1. The molecule has 1 aromatic rings. The predicted molar refractivity (Wildman–Crippen MR) is 80.9 cm³/mol. The molecule has 1 aliphatic heterocycles. The van der Waals surface area contributed by atoms with Gasteiger partial charge in [0.25, 0.3) is 0 Å². The van der Waals surface area contributed by atoms with Crippen LogP contribution < -0.4 is 10.5 Å². The number of nitrogens with two attached hydrogens (primary N) is 1. The molecular weight excluding hydrogens is 268 g/mol. The maximum atomic E-state index is 10.9. The van der Waals surface area contributed by atoms with E-state index in [9.17, 15) is 9.90 Å². The summed E-state index contributed by atoms with van der Waals surface area (Å²) in [5.41, 5.74) is 8.15. The molecule has 2 atom stereocenters. The first kappa shape index (κ1) is 15.8. The molecule has 0 bridgehead atoms. The third-order valence-corrected chi connectivity index (χ3v) is 4.03. The molecular formula is C16H24N2O3. The van der Waals surface area contributed by atoms with Crippen LogP contribution in [0, 0.1) is 5.92 Å². The largest absolute Gasteiger partial charge is 0.491 e. The summed E-state index contributed by atoms with van der Waals surface area (Å²) in [5, 5.41) is 10.0. The molecule has 0 fully saturated rings. The maximum absolute atomic E-state index is 10.9. The van der Waals surface area contributed by atoms with E-state index in [0.29, 0.717) is 13.1 Å². The van der Waals surface area contributed by atoms with E-state index in [0.717, 1.165) is 29.7 Å². The number of rotatable bonds is 6. The molecule has 116 valence electrons. The van der Waals surface area contributed by atoms with Crippen LogP contribution in [-0.4, -0.2) is 41.7 Å². The molecule has 0 spiro atoms. The molecule has 0 aromatic heterocycles. The quantitative estimate of drug-likeness (QED) is 0.765. The van der Waals surface area contributed by atoms with Gasteiger partial charge in [0.2, 0.25) is 6.41 Å². The van der Waals surface area contributed by atoms with Crippen molar-refractivity contribution in [3.05, 3.63) is 29.3 Å². The molecule has 1 amide bonds. The van der Waals surface area contributed by atoms with E-state index in [1.165, 1.54) is 0 Å². The first-order valence-corrected chi connectivity index (χ1v) is 7.39. The average Bonchev–Trinajstić information content (AvgIpc) is 2.50. The van der Waals surface area contributed by atoms with Crippen LogP contribution in [0.25, 0.3) is 0 Å². The Morgan fingerprint density at radius 2 is 2.24 bits per heavy atom. The molecule has 3 N–H and O–H groups in total. The highest BCUT2D eigenvalue weighted by molar-refractivity contribution is 5.51. The molecule has 0 aliphatic carbocycles. The average molecular weight is 292 g/mol. The minimum Gasteiger partial charge on any atom is -0.491 e. The highest BCUT2D eigenvalue weighted by Gasteiger charge is 2.21. The Kier molecular flexibility index (Phi) is 5.20. The van der Waals surface area contributed by atoms with Gasteiger partial charge < -0.3 is 20.5 Å². The fourth-order valence-corrected chi connectivity index (χ4v) is 2.55. The molecule has 0 saturated carbocycles. The monoisotopic (exact) mass is 292 g/mol. The minimum atomic E-state index is -0.684. The van der Waals surface area contributed by atoms with Crippen molar-refractivity contribution in [3.63, 3.8) is 0 Å². The van der Waals surface area contributed by atoms with Gasteiger partial charge in [0.15, 0.2) is 0 Å². The molecule has 2 rings (SSSR count). The molecule has 1 heterocycles. The van der Waals surface area contributed by atoms with E-state index in [-0.39, 0.29) is 18.6 Å². The Morgan fingerprint density at radius 1 is 1.48 bits per heavy atom. The van der Waals surface area contributed by atoms with Crippen LogP contribution in [0.5, 0.6) is 5.75 Å². The Balaban J connectivity index is 2.03. The van der Waals surface area contributed by atoms with Crippen molar-refractivity contribution in [2.75, 3.05) is 13.2 Å². The van der Waals surface area contributed by atoms with Gasteiger partial charge in [-0.05, 0) is 24.0 Å². The van der Waals surface area contributed by atoms with E-state index >= 15 is 0 Å². The number of ether oxygens (including phenoxy) is 1. The lowest BCUT2D eigenvalue weighted by Gasteiger charge is -2.28. The third-order valence-electron chi connectivity index (χ3n) is 4.03. The molecule has 0 saturated heterocycles. The molecule has 5 heteroatoms. The molecule has 1 aromatic carbocycles. The summed E-state index contributed by atoms with van der Waals surface area (Å²) in [6, 6.07) is 5.53. The summed E-state index contributed by atoms with van der Waals surface area (Å²) in [6.07, 6.45) is 0.967. The van der Waals surface area contributed by atoms with E-state index in [1.54, 1.807) is 4.90 Å². The Hall–Kier alpha value is -1.59. The topological polar surface area (TPSA) is 75.8 Å². The van der Waals surface area contributed by atoms with E-state index in [1.807, 2.05) is 32.0 Å². The van der Waals surface area contributed by atoms with Crippen LogP contribution in [0.1, 0.15) is 25.0 Å². The zero-order valence-electron chi connectivity index (χ0n) is 12.7. The van der Waals surface area contributed by atoms with Crippen molar-refractivity contribution in [2.24, 2.45) is 11.7 Å². The smallest absolute Gasteiger partial charge is 0.210 e. The maximum Gasteiger partial charge on any atom is 0.210 e. The number of hydrogen-bond donors (Lipinski definition) is 2. The number of fused-ring (bicyclic) bond motifs is 1. The van der Waals surface area contributed by atoms with Gasteiger partial charge in [0, 0.05) is 24.7 Å². The molecule has 5 nitrogen and oxygen atoms in total. The number of carbonyl (C=O) groups excluding carboxylic acids is 1. The summed E-state index contributed by atoms with van der Waals surface area (Å²) >= 11 is 0. The van der Waals surface area contributed by atoms with Gasteiger partial charge in [-0.1, -0.05) is 26.0 Å². The van der Waals surface area contributed by atoms with Gasteiger partial charge in [-0.2, -0.15) is 0 Å². The summed E-state index contributed by atoms with van der Waals surface area (Å²) in [5.74, 6) is 0.988. The second kappa shape index (κ2) is 6.91. The number of hydrogen-bond acceptors (Lipinski definition) is 4. The number of aliphatic hydroxyl groups excluding tert-OH is 1. The first-order valence-electron chi connectivity index (χ1n) is 7.39. The SMILES string of the molecule is CC(C)C(N)C(O)COc1cccc2c1CCN(C=O)C2. The zero-order valence-corrected chi connectivity index (χ0v) is 12.7. The lowest BCUT2D eigenvalue weighted by Crippen LogP contribution is -2.42. The summed E-state index contributed by atoms with van der Waals surface area (Å²) in [4.78, 5) is 12.6. The lowest BCUT2D eigenvalue weighted by molar-refractivity contribution is -0.118. The van der Waals surface area contributed by atoms with Gasteiger partial charge >= 0.3 is 0 Å². The van der Waals surface area contributed by atoms with Crippen LogP contribution in [0.4, 0.5) is 0 Å². The van der Waals surface area contributed by atoms with Crippen LogP contribution in [-0.2, 0) is 17.8 Å². The highest BCUT2D eigenvalue weighted by Crippen LogP contribution is 2.27. The molecule has 2 unspecified atom stereocenters. The Bertz CT molecular complexity index is 490. The summed E-state index contributed by atoms with van der Waals surface area (Å²) in [7, 11) is 0. The van der Waals surface area contributed by atoms with Crippen LogP contribution in [0.2, 0.25) is 0 Å². The van der Waals surface area contributed by atoms with Crippen LogP contribution >= 0.6 is 0 Å². The second-order valence-electron chi connectivity index (χ2n) is 5.92. The van der Waals surface area contributed by atoms with Crippen LogP contribution in [0.15, 0.2) is 18.2 Å². The van der Waals surface area contributed by atoms with Crippen molar-refractivity contribution in [1.29, 1.82) is 0 Å². The van der Waals surface area contributed by atoms with Gasteiger partial charge in [-0.25, -0.2) is 0 Å². The second-order valence-corrected chi connectivity index (χ2v) is 5.92. The number of amides is 1. The van der Waals surface area contributed by atoms with Gasteiger partial charge in [-0.3, -0.25) is 4.79 Å². The van der Waals surface area contributed by atoms with Gasteiger partial charge in [0.05, 0.1) is 0 Å².